The zero-order valence-corrected chi connectivity index (χ0v) is 4.02. The molecule has 0 aromatic heterocycles. The lowest BCUT2D eigenvalue weighted by Crippen LogP contribution is -2.14. The Hall–Kier alpha value is -0.120. The van der Waals surface area contributed by atoms with Crippen molar-refractivity contribution < 1.29 is 9.47 Å². The average Bonchev–Trinajstić information content (AvgIpc) is 2.14. The zero-order chi connectivity index (χ0) is 5.11. The molecule has 1 rings (SSSR count). The second kappa shape index (κ2) is 2.26. The van der Waals surface area contributed by atoms with Crippen LogP contribution in [0.5, 0.6) is 0 Å². The molecular weight excluding hydrogens is 94.0 g/mol. The molecule has 3 heteroatoms. The van der Waals surface area contributed by atoms with E-state index >= 15 is 0 Å². The molecule has 0 spiro atoms. The highest BCUT2D eigenvalue weighted by molar-refractivity contribution is 4.57. The summed E-state index contributed by atoms with van der Waals surface area (Å²) in [7, 11) is 0. The molecule has 1 atom stereocenters. The van der Waals surface area contributed by atoms with Crippen LogP contribution in [0.4, 0.5) is 0 Å². The SMILES string of the molecule is [NH]CC1COCO1. The standard InChI is InChI=1S/C4H8NO2/c5-1-4-2-6-3-7-4/h4-5H,1-3H2. The maximum atomic E-state index is 6.79. The van der Waals surface area contributed by atoms with Crippen molar-refractivity contribution in [2.75, 3.05) is 19.9 Å². The maximum Gasteiger partial charge on any atom is 0.147 e. The molecule has 1 aliphatic heterocycles. The molecule has 0 aromatic carbocycles. The first kappa shape index (κ1) is 5.03. The van der Waals surface area contributed by atoms with E-state index in [-0.39, 0.29) is 6.10 Å². The van der Waals surface area contributed by atoms with Crippen LogP contribution in [0.1, 0.15) is 0 Å². The fourth-order valence-corrected chi connectivity index (χ4v) is 0.490. The minimum atomic E-state index is 0.0417. The van der Waals surface area contributed by atoms with Crippen LogP contribution in [-0.2, 0) is 9.47 Å². The second-order valence-electron chi connectivity index (χ2n) is 1.48. The smallest absolute Gasteiger partial charge is 0.147 e. The molecule has 0 aliphatic carbocycles. The fourth-order valence-electron chi connectivity index (χ4n) is 0.490. The van der Waals surface area contributed by atoms with Crippen LogP contribution in [0.25, 0.3) is 0 Å². The van der Waals surface area contributed by atoms with Crippen molar-refractivity contribution >= 4 is 0 Å². The Morgan fingerprint density at radius 3 is 2.86 bits per heavy atom. The second-order valence-corrected chi connectivity index (χ2v) is 1.48. The summed E-state index contributed by atoms with van der Waals surface area (Å²) in [6.07, 6.45) is 0.0417. The van der Waals surface area contributed by atoms with Gasteiger partial charge in [0.1, 0.15) is 6.79 Å². The Morgan fingerprint density at radius 2 is 2.57 bits per heavy atom. The van der Waals surface area contributed by atoms with Crippen LogP contribution in [-0.4, -0.2) is 26.0 Å². The van der Waals surface area contributed by atoms with E-state index in [1.807, 2.05) is 0 Å². The number of nitrogens with one attached hydrogen (secondary N) is 1. The molecule has 1 fully saturated rings. The van der Waals surface area contributed by atoms with Crippen molar-refractivity contribution in [3.8, 4) is 0 Å². The number of hydrogen-bond acceptors (Lipinski definition) is 2. The Balaban J connectivity index is 2.14. The van der Waals surface area contributed by atoms with E-state index in [0.717, 1.165) is 0 Å². The number of ether oxygens (including phenoxy) is 2. The molecule has 1 unspecified atom stereocenters. The number of rotatable bonds is 1. The third-order valence-corrected chi connectivity index (χ3v) is 0.918. The van der Waals surface area contributed by atoms with Gasteiger partial charge in [-0.1, -0.05) is 0 Å². The van der Waals surface area contributed by atoms with Crippen LogP contribution in [0, 0.1) is 0 Å². The largest absolute Gasteiger partial charge is 0.353 e. The van der Waals surface area contributed by atoms with Gasteiger partial charge in [-0.2, -0.15) is 0 Å². The molecule has 0 saturated carbocycles. The summed E-state index contributed by atoms with van der Waals surface area (Å²) in [5.41, 5.74) is 6.79. The molecule has 41 valence electrons. The average molecular weight is 102 g/mol. The van der Waals surface area contributed by atoms with Crippen LogP contribution >= 0.6 is 0 Å². The van der Waals surface area contributed by atoms with Crippen LogP contribution in [0.15, 0.2) is 0 Å². The lowest BCUT2D eigenvalue weighted by atomic mass is 10.4. The summed E-state index contributed by atoms with van der Waals surface area (Å²) in [6, 6.07) is 0. The van der Waals surface area contributed by atoms with Crippen molar-refractivity contribution in [2.24, 2.45) is 0 Å². The predicted octanol–water partition coefficient (Wildman–Crippen LogP) is -0.358. The molecular formula is C4H8NO2. The summed E-state index contributed by atoms with van der Waals surface area (Å²) >= 11 is 0. The fraction of sp³-hybridized carbons (Fsp3) is 1.00. The van der Waals surface area contributed by atoms with Gasteiger partial charge in [-0.25, -0.2) is 0 Å². The van der Waals surface area contributed by atoms with Gasteiger partial charge in [-0.3, -0.25) is 5.73 Å². The van der Waals surface area contributed by atoms with Gasteiger partial charge in [0.15, 0.2) is 0 Å². The van der Waals surface area contributed by atoms with E-state index < -0.39 is 0 Å². The van der Waals surface area contributed by atoms with Crippen LogP contribution in [0.2, 0.25) is 0 Å². The normalized spacial score (nSPS) is 31.3. The molecule has 7 heavy (non-hydrogen) atoms. The molecule has 1 saturated heterocycles. The summed E-state index contributed by atoms with van der Waals surface area (Å²) in [4.78, 5) is 0. The summed E-state index contributed by atoms with van der Waals surface area (Å²) in [5.74, 6) is 0. The molecule has 3 nitrogen and oxygen atoms in total. The van der Waals surface area contributed by atoms with Gasteiger partial charge in [-0.15, -0.1) is 0 Å². The first-order valence-electron chi connectivity index (χ1n) is 2.27. The topological polar surface area (TPSA) is 42.3 Å². The van der Waals surface area contributed by atoms with E-state index in [1.54, 1.807) is 0 Å². The van der Waals surface area contributed by atoms with Crippen molar-refractivity contribution in [3.63, 3.8) is 0 Å². The Bertz CT molecular complexity index is 51.7. The summed E-state index contributed by atoms with van der Waals surface area (Å²) in [5, 5.41) is 0. The van der Waals surface area contributed by atoms with Gasteiger partial charge < -0.3 is 9.47 Å². The van der Waals surface area contributed by atoms with Gasteiger partial charge in [0, 0.05) is 6.54 Å². The van der Waals surface area contributed by atoms with E-state index in [0.29, 0.717) is 19.9 Å². The minimum absolute atomic E-state index is 0.0417. The highest BCUT2D eigenvalue weighted by Gasteiger charge is 2.12. The van der Waals surface area contributed by atoms with E-state index in [4.69, 9.17) is 15.2 Å². The number of hydrogen-bond donors (Lipinski definition) is 0. The molecule has 0 bridgehead atoms. The highest BCUT2D eigenvalue weighted by Crippen LogP contribution is 1.99. The Labute approximate surface area is 42.4 Å². The quantitative estimate of drug-likeness (QED) is 0.453. The molecule has 1 aliphatic rings. The van der Waals surface area contributed by atoms with Gasteiger partial charge in [0.2, 0.25) is 0 Å². The lowest BCUT2D eigenvalue weighted by molar-refractivity contribution is 0.0487. The van der Waals surface area contributed by atoms with Crippen molar-refractivity contribution in [1.82, 2.24) is 5.73 Å². The van der Waals surface area contributed by atoms with Gasteiger partial charge >= 0.3 is 0 Å². The summed E-state index contributed by atoms with van der Waals surface area (Å²) < 4.78 is 9.70. The summed E-state index contributed by atoms with van der Waals surface area (Å²) in [6.45, 7) is 1.30. The molecule has 1 N–H and O–H groups in total. The van der Waals surface area contributed by atoms with Gasteiger partial charge in [0.05, 0.1) is 12.7 Å². The first-order chi connectivity index (χ1) is 3.43. The lowest BCUT2D eigenvalue weighted by Gasteiger charge is -1.97. The minimum Gasteiger partial charge on any atom is -0.353 e. The van der Waals surface area contributed by atoms with Crippen molar-refractivity contribution in [1.29, 1.82) is 0 Å². The van der Waals surface area contributed by atoms with E-state index in [2.05, 4.69) is 0 Å². The van der Waals surface area contributed by atoms with Gasteiger partial charge in [-0.05, 0) is 0 Å². The van der Waals surface area contributed by atoms with Gasteiger partial charge in [0.25, 0.3) is 0 Å². The predicted molar refractivity (Wildman–Crippen MR) is 23.7 cm³/mol. The monoisotopic (exact) mass is 102 g/mol. The molecule has 0 amide bonds. The third-order valence-electron chi connectivity index (χ3n) is 0.918. The maximum absolute atomic E-state index is 6.79. The Kier molecular flexibility index (Phi) is 1.62. The molecule has 1 radical (unpaired) electrons. The zero-order valence-electron chi connectivity index (χ0n) is 4.02. The van der Waals surface area contributed by atoms with Crippen LogP contribution in [0.3, 0.4) is 0 Å². The third kappa shape index (κ3) is 1.12. The van der Waals surface area contributed by atoms with Crippen molar-refractivity contribution in [2.45, 2.75) is 6.10 Å². The first-order valence-corrected chi connectivity index (χ1v) is 2.27. The van der Waals surface area contributed by atoms with Crippen molar-refractivity contribution in [3.05, 3.63) is 0 Å². The van der Waals surface area contributed by atoms with E-state index in [1.165, 1.54) is 0 Å². The molecule has 1 heterocycles. The Morgan fingerprint density at radius 1 is 1.71 bits per heavy atom. The van der Waals surface area contributed by atoms with Crippen LogP contribution < -0.4 is 5.73 Å². The van der Waals surface area contributed by atoms with E-state index in [9.17, 15) is 0 Å². The highest BCUT2D eigenvalue weighted by atomic mass is 16.7. The molecule has 0 aromatic rings.